The highest BCUT2D eigenvalue weighted by Crippen LogP contribution is 2.24. The first kappa shape index (κ1) is 15.2. The molecule has 0 aromatic carbocycles. The second kappa shape index (κ2) is 6.10. The van der Waals surface area contributed by atoms with Gasteiger partial charge in [-0.3, -0.25) is 0 Å². The molecule has 96 valence electrons. The lowest BCUT2D eigenvalue weighted by Crippen LogP contribution is -2.52. The van der Waals surface area contributed by atoms with Crippen molar-refractivity contribution >= 4 is 5.97 Å². The molecule has 0 heterocycles. The lowest BCUT2D eigenvalue weighted by Gasteiger charge is -2.26. The van der Waals surface area contributed by atoms with Gasteiger partial charge in [-0.2, -0.15) is 8.78 Å². The topological polar surface area (TPSA) is 72.5 Å². The summed E-state index contributed by atoms with van der Waals surface area (Å²) in [4.78, 5) is 10.9. The minimum absolute atomic E-state index is 0.0580. The number of ether oxygens (including phenoxy) is 1. The predicted octanol–water partition coefficient (Wildman–Crippen LogP) is 0.919. The van der Waals surface area contributed by atoms with Crippen LogP contribution in [0.1, 0.15) is 27.2 Å². The Balaban J connectivity index is 4.54. The number of aliphatic hydroxyl groups is 1. The van der Waals surface area contributed by atoms with Crippen LogP contribution in [0, 0.1) is 5.92 Å². The number of hydrogen-bond acceptors (Lipinski definition) is 4. The van der Waals surface area contributed by atoms with Crippen LogP contribution in [-0.4, -0.2) is 35.8 Å². The molecule has 0 aromatic heterocycles. The fourth-order valence-corrected chi connectivity index (χ4v) is 1.29. The average Bonchev–Trinajstić information content (AvgIpc) is 2.15. The summed E-state index contributed by atoms with van der Waals surface area (Å²) in [5, 5.41) is 9.32. The second-order valence-corrected chi connectivity index (χ2v) is 4.08. The van der Waals surface area contributed by atoms with Crippen LogP contribution in [0.3, 0.4) is 0 Å². The Morgan fingerprint density at radius 3 is 2.38 bits per heavy atom. The summed E-state index contributed by atoms with van der Waals surface area (Å²) in [5.74, 6) is -5.63. The molecule has 16 heavy (non-hydrogen) atoms. The van der Waals surface area contributed by atoms with Gasteiger partial charge in [-0.05, 0) is 19.3 Å². The standard InChI is InChI=1S/C10H19F2NO3/c1-4-16-9(15)10(11,12)8(14)7(13)5-6(2)3/h6-8,14H,4-5,13H2,1-3H3/t7-,8?/m0/s1. The Labute approximate surface area is 93.8 Å². The van der Waals surface area contributed by atoms with Crippen molar-refractivity contribution in [1.29, 1.82) is 0 Å². The zero-order chi connectivity index (χ0) is 12.9. The summed E-state index contributed by atoms with van der Waals surface area (Å²) < 4.78 is 30.8. The third-order valence-corrected chi connectivity index (χ3v) is 2.07. The summed E-state index contributed by atoms with van der Waals surface area (Å²) >= 11 is 0. The van der Waals surface area contributed by atoms with Gasteiger partial charge in [0.1, 0.15) is 6.10 Å². The fraction of sp³-hybridized carbons (Fsp3) is 0.900. The van der Waals surface area contributed by atoms with Crippen LogP contribution < -0.4 is 5.73 Å². The monoisotopic (exact) mass is 239 g/mol. The van der Waals surface area contributed by atoms with Crippen molar-refractivity contribution in [2.45, 2.75) is 45.3 Å². The summed E-state index contributed by atoms with van der Waals surface area (Å²) in [7, 11) is 0. The Bertz CT molecular complexity index is 234. The molecule has 6 heteroatoms. The third-order valence-electron chi connectivity index (χ3n) is 2.07. The van der Waals surface area contributed by atoms with Gasteiger partial charge in [0.15, 0.2) is 0 Å². The van der Waals surface area contributed by atoms with Crippen molar-refractivity contribution in [1.82, 2.24) is 0 Å². The molecule has 0 aliphatic rings. The Morgan fingerprint density at radius 1 is 1.50 bits per heavy atom. The van der Waals surface area contributed by atoms with E-state index in [0.717, 1.165) is 0 Å². The van der Waals surface area contributed by atoms with Crippen molar-refractivity contribution < 1.29 is 23.4 Å². The molecule has 0 spiro atoms. The number of esters is 1. The lowest BCUT2D eigenvalue weighted by molar-refractivity contribution is -0.190. The highest BCUT2D eigenvalue weighted by atomic mass is 19.3. The molecule has 0 fully saturated rings. The number of carbonyl (C=O) groups excluding carboxylic acids is 1. The molecule has 0 aromatic rings. The molecule has 0 rings (SSSR count). The number of carbonyl (C=O) groups is 1. The smallest absolute Gasteiger partial charge is 0.379 e. The number of halogens is 2. The van der Waals surface area contributed by atoms with Gasteiger partial charge in [-0.25, -0.2) is 4.79 Å². The zero-order valence-corrected chi connectivity index (χ0v) is 9.74. The molecule has 3 N–H and O–H groups in total. The molecule has 2 atom stereocenters. The van der Waals surface area contributed by atoms with Crippen LogP contribution in [0.5, 0.6) is 0 Å². The Morgan fingerprint density at radius 2 is 2.00 bits per heavy atom. The van der Waals surface area contributed by atoms with E-state index in [1.807, 2.05) is 0 Å². The first-order valence-electron chi connectivity index (χ1n) is 5.22. The van der Waals surface area contributed by atoms with Gasteiger partial charge >= 0.3 is 11.9 Å². The SMILES string of the molecule is CCOC(=O)C(F)(F)C(O)[C@@H](N)CC(C)C. The van der Waals surface area contributed by atoms with Gasteiger partial charge in [0.2, 0.25) is 0 Å². The van der Waals surface area contributed by atoms with Crippen LogP contribution in [0.2, 0.25) is 0 Å². The van der Waals surface area contributed by atoms with Gasteiger partial charge < -0.3 is 15.6 Å². The van der Waals surface area contributed by atoms with Crippen LogP contribution in [0.4, 0.5) is 8.78 Å². The van der Waals surface area contributed by atoms with Crippen molar-refractivity contribution in [3.8, 4) is 0 Å². The second-order valence-electron chi connectivity index (χ2n) is 4.08. The third kappa shape index (κ3) is 4.02. The lowest BCUT2D eigenvalue weighted by atomic mass is 9.96. The summed E-state index contributed by atoms with van der Waals surface area (Å²) in [5.41, 5.74) is 5.40. The fourth-order valence-electron chi connectivity index (χ4n) is 1.29. The highest BCUT2D eigenvalue weighted by Gasteiger charge is 2.50. The first-order chi connectivity index (χ1) is 7.23. The summed E-state index contributed by atoms with van der Waals surface area (Å²) in [6.07, 6.45) is -2.01. The van der Waals surface area contributed by atoms with E-state index in [1.165, 1.54) is 6.92 Å². The minimum Gasteiger partial charge on any atom is -0.461 e. The van der Waals surface area contributed by atoms with E-state index >= 15 is 0 Å². The normalized spacial score (nSPS) is 16.0. The number of rotatable bonds is 6. The minimum atomic E-state index is -3.95. The molecule has 0 saturated carbocycles. The maximum absolute atomic E-state index is 13.3. The van der Waals surface area contributed by atoms with Crippen molar-refractivity contribution in [3.05, 3.63) is 0 Å². The van der Waals surface area contributed by atoms with Crippen molar-refractivity contribution in [3.63, 3.8) is 0 Å². The molecule has 1 unspecified atom stereocenters. The van der Waals surface area contributed by atoms with Crippen LogP contribution >= 0.6 is 0 Å². The van der Waals surface area contributed by atoms with E-state index in [4.69, 9.17) is 5.73 Å². The van der Waals surface area contributed by atoms with Gasteiger partial charge in [0.05, 0.1) is 6.61 Å². The number of nitrogens with two attached hydrogens (primary N) is 1. The van der Waals surface area contributed by atoms with Crippen LogP contribution in [0.25, 0.3) is 0 Å². The highest BCUT2D eigenvalue weighted by molar-refractivity contribution is 5.78. The molecule has 0 aliphatic heterocycles. The zero-order valence-electron chi connectivity index (χ0n) is 9.74. The molecule has 0 saturated heterocycles. The summed E-state index contributed by atoms with van der Waals surface area (Å²) in [6.45, 7) is 4.82. The van der Waals surface area contributed by atoms with E-state index in [9.17, 15) is 18.7 Å². The van der Waals surface area contributed by atoms with Crippen LogP contribution in [-0.2, 0) is 9.53 Å². The Hall–Kier alpha value is -0.750. The average molecular weight is 239 g/mol. The molecule has 0 aliphatic carbocycles. The van der Waals surface area contributed by atoms with Gasteiger partial charge in [-0.15, -0.1) is 0 Å². The van der Waals surface area contributed by atoms with Crippen molar-refractivity contribution in [2.75, 3.05) is 6.61 Å². The summed E-state index contributed by atoms with van der Waals surface area (Å²) in [6, 6.07) is -1.15. The van der Waals surface area contributed by atoms with Gasteiger partial charge in [0.25, 0.3) is 0 Å². The van der Waals surface area contributed by atoms with E-state index in [0.29, 0.717) is 0 Å². The molecule has 0 bridgehead atoms. The van der Waals surface area contributed by atoms with E-state index in [2.05, 4.69) is 4.74 Å². The molecule has 0 amide bonds. The number of hydrogen-bond donors (Lipinski definition) is 2. The van der Waals surface area contributed by atoms with E-state index < -0.39 is 24.0 Å². The molecular formula is C10H19F2NO3. The Kier molecular flexibility index (Phi) is 5.81. The maximum Gasteiger partial charge on any atom is 0.379 e. The first-order valence-corrected chi connectivity index (χ1v) is 5.22. The molecular weight excluding hydrogens is 220 g/mol. The van der Waals surface area contributed by atoms with Gasteiger partial charge in [0, 0.05) is 6.04 Å². The number of aliphatic hydroxyl groups excluding tert-OH is 1. The van der Waals surface area contributed by atoms with Crippen molar-refractivity contribution in [2.24, 2.45) is 11.7 Å². The number of alkyl halides is 2. The van der Waals surface area contributed by atoms with E-state index in [1.54, 1.807) is 13.8 Å². The predicted molar refractivity (Wildman–Crippen MR) is 55.0 cm³/mol. The maximum atomic E-state index is 13.3. The largest absolute Gasteiger partial charge is 0.461 e. The molecule has 4 nitrogen and oxygen atoms in total. The van der Waals surface area contributed by atoms with Gasteiger partial charge in [-0.1, -0.05) is 13.8 Å². The quantitative estimate of drug-likeness (QED) is 0.676. The van der Waals surface area contributed by atoms with E-state index in [-0.39, 0.29) is 18.9 Å². The molecule has 0 radical (unpaired) electrons. The van der Waals surface area contributed by atoms with Crippen LogP contribution in [0.15, 0.2) is 0 Å².